The SMILES string of the molecule is CC1(C)CC(NC(C)(C)C(=O)O)C(C)(C)O1. The number of ether oxygens (including phenoxy) is 1. The van der Waals surface area contributed by atoms with Crippen LogP contribution in [0.5, 0.6) is 0 Å². The van der Waals surface area contributed by atoms with Gasteiger partial charge in [0, 0.05) is 6.04 Å². The zero-order chi connectivity index (χ0) is 12.8. The zero-order valence-electron chi connectivity index (χ0n) is 11.0. The summed E-state index contributed by atoms with van der Waals surface area (Å²) in [6.45, 7) is 11.4. The number of rotatable bonds is 3. The summed E-state index contributed by atoms with van der Waals surface area (Å²) in [7, 11) is 0. The van der Waals surface area contributed by atoms with Gasteiger partial charge in [-0.05, 0) is 48.0 Å². The van der Waals surface area contributed by atoms with E-state index < -0.39 is 11.5 Å². The summed E-state index contributed by atoms with van der Waals surface area (Å²) in [4.78, 5) is 11.1. The molecule has 2 N–H and O–H groups in total. The fourth-order valence-electron chi connectivity index (χ4n) is 2.28. The van der Waals surface area contributed by atoms with E-state index in [-0.39, 0.29) is 17.2 Å². The van der Waals surface area contributed by atoms with Crippen molar-refractivity contribution < 1.29 is 14.6 Å². The molecule has 0 amide bonds. The molecule has 16 heavy (non-hydrogen) atoms. The zero-order valence-corrected chi connectivity index (χ0v) is 11.0. The van der Waals surface area contributed by atoms with E-state index in [1.807, 2.05) is 27.7 Å². The van der Waals surface area contributed by atoms with E-state index in [1.165, 1.54) is 0 Å². The first-order valence-corrected chi connectivity index (χ1v) is 5.68. The second-order valence-corrected chi connectivity index (χ2v) is 6.30. The van der Waals surface area contributed by atoms with E-state index in [4.69, 9.17) is 9.84 Å². The van der Waals surface area contributed by atoms with Crippen molar-refractivity contribution in [3.63, 3.8) is 0 Å². The molecule has 0 aromatic heterocycles. The first-order chi connectivity index (χ1) is 6.96. The number of hydrogen-bond donors (Lipinski definition) is 2. The normalized spacial score (nSPS) is 28.0. The molecule has 0 radical (unpaired) electrons. The van der Waals surface area contributed by atoms with E-state index in [2.05, 4.69) is 5.32 Å². The highest BCUT2D eigenvalue weighted by atomic mass is 16.5. The smallest absolute Gasteiger partial charge is 0.323 e. The van der Waals surface area contributed by atoms with Crippen molar-refractivity contribution in [1.82, 2.24) is 5.32 Å². The topological polar surface area (TPSA) is 58.6 Å². The number of carboxylic acids is 1. The molecule has 1 atom stereocenters. The van der Waals surface area contributed by atoms with Crippen LogP contribution in [0.1, 0.15) is 48.0 Å². The third-order valence-corrected chi connectivity index (χ3v) is 3.14. The van der Waals surface area contributed by atoms with Crippen LogP contribution >= 0.6 is 0 Å². The Balaban J connectivity index is 2.79. The largest absolute Gasteiger partial charge is 0.480 e. The van der Waals surface area contributed by atoms with Gasteiger partial charge in [-0.25, -0.2) is 0 Å². The predicted octanol–water partition coefficient (Wildman–Crippen LogP) is 1.79. The Morgan fingerprint density at radius 2 is 1.88 bits per heavy atom. The number of carbonyl (C=O) groups is 1. The summed E-state index contributed by atoms with van der Waals surface area (Å²) in [5, 5.41) is 12.3. The van der Waals surface area contributed by atoms with Crippen LogP contribution in [0.15, 0.2) is 0 Å². The molecule has 4 heteroatoms. The van der Waals surface area contributed by atoms with Crippen LogP contribution in [-0.4, -0.2) is 33.9 Å². The molecule has 94 valence electrons. The maximum Gasteiger partial charge on any atom is 0.323 e. The maximum atomic E-state index is 11.1. The second-order valence-electron chi connectivity index (χ2n) is 6.30. The van der Waals surface area contributed by atoms with Crippen LogP contribution in [0.3, 0.4) is 0 Å². The summed E-state index contributed by atoms with van der Waals surface area (Å²) in [6, 6.07) is 0.0496. The first-order valence-electron chi connectivity index (χ1n) is 5.68. The number of carboxylic acid groups (broad SMARTS) is 1. The standard InChI is InChI=1S/C12H23NO3/c1-10(2)7-8(12(5,6)16-10)13-11(3,4)9(14)15/h8,13H,7H2,1-6H3,(H,14,15). The Bertz CT molecular complexity index is 295. The van der Waals surface area contributed by atoms with Gasteiger partial charge in [-0.3, -0.25) is 10.1 Å². The Morgan fingerprint density at radius 3 is 2.19 bits per heavy atom. The van der Waals surface area contributed by atoms with Gasteiger partial charge in [0.15, 0.2) is 0 Å². The minimum absolute atomic E-state index is 0.0496. The predicted molar refractivity (Wildman–Crippen MR) is 62.5 cm³/mol. The van der Waals surface area contributed by atoms with Gasteiger partial charge in [-0.15, -0.1) is 0 Å². The minimum atomic E-state index is -0.925. The van der Waals surface area contributed by atoms with Crippen LogP contribution in [0.25, 0.3) is 0 Å². The van der Waals surface area contributed by atoms with Gasteiger partial charge in [0.05, 0.1) is 11.2 Å². The van der Waals surface area contributed by atoms with Crippen molar-refractivity contribution in [3.05, 3.63) is 0 Å². The van der Waals surface area contributed by atoms with E-state index in [9.17, 15) is 4.79 Å². The number of nitrogens with one attached hydrogen (secondary N) is 1. The molecule has 1 heterocycles. The molecule has 0 aliphatic carbocycles. The van der Waals surface area contributed by atoms with Gasteiger partial charge in [0.1, 0.15) is 5.54 Å². The van der Waals surface area contributed by atoms with Crippen LogP contribution in [0, 0.1) is 0 Å². The van der Waals surface area contributed by atoms with Crippen molar-refractivity contribution in [3.8, 4) is 0 Å². The van der Waals surface area contributed by atoms with E-state index in [0.717, 1.165) is 6.42 Å². The van der Waals surface area contributed by atoms with Gasteiger partial charge in [-0.1, -0.05) is 0 Å². The lowest BCUT2D eigenvalue weighted by atomic mass is 9.91. The Labute approximate surface area is 97.4 Å². The maximum absolute atomic E-state index is 11.1. The molecular weight excluding hydrogens is 206 g/mol. The molecule has 1 saturated heterocycles. The summed E-state index contributed by atoms with van der Waals surface area (Å²) in [5.74, 6) is -0.840. The van der Waals surface area contributed by atoms with Crippen molar-refractivity contribution in [1.29, 1.82) is 0 Å². The fourth-order valence-corrected chi connectivity index (χ4v) is 2.28. The van der Waals surface area contributed by atoms with E-state index >= 15 is 0 Å². The lowest BCUT2D eigenvalue weighted by molar-refractivity contribution is -0.144. The lowest BCUT2D eigenvalue weighted by Crippen LogP contribution is -2.56. The molecule has 1 fully saturated rings. The number of hydrogen-bond acceptors (Lipinski definition) is 3. The molecule has 1 rings (SSSR count). The van der Waals surface area contributed by atoms with E-state index in [1.54, 1.807) is 13.8 Å². The third-order valence-electron chi connectivity index (χ3n) is 3.14. The molecule has 4 nitrogen and oxygen atoms in total. The molecular formula is C12H23NO3. The average Bonchev–Trinajstić information content (AvgIpc) is 2.17. The molecule has 0 aromatic rings. The van der Waals surface area contributed by atoms with Gasteiger partial charge in [0.25, 0.3) is 0 Å². The molecule has 0 spiro atoms. The minimum Gasteiger partial charge on any atom is -0.480 e. The van der Waals surface area contributed by atoms with Gasteiger partial charge < -0.3 is 9.84 Å². The van der Waals surface area contributed by atoms with Crippen molar-refractivity contribution >= 4 is 5.97 Å². The van der Waals surface area contributed by atoms with Gasteiger partial charge in [-0.2, -0.15) is 0 Å². The monoisotopic (exact) mass is 229 g/mol. The van der Waals surface area contributed by atoms with Gasteiger partial charge in [0.2, 0.25) is 0 Å². The highest BCUT2D eigenvalue weighted by molar-refractivity contribution is 5.77. The fraction of sp³-hybridized carbons (Fsp3) is 0.917. The summed E-state index contributed by atoms with van der Waals surface area (Å²) in [5.41, 5.74) is -1.46. The van der Waals surface area contributed by atoms with E-state index in [0.29, 0.717) is 0 Å². The van der Waals surface area contributed by atoms with Crippen LogP contribution in [0.4, 0.5) is 0 Å². The first kappa shape index (κ1) is 13.5. The lowest BCUT2D eigenvalue weighted by Gasteiger charge is -2.33. The van der Waals surface area contributed by atoms with Crippen molar-refractivity contribution in [2.75, 3.05) is 0 Å². The van der Waals surface area contributed by atoms with Crippen LogP contribution in [-0.2, 0) is 9.53 Å². The summed E-state index contributed by atoms with van der Waals surface area (Å²) >= 11 is 0. The molecule has 0 saturated carbocycles. The Morgan fingerprint density at radius 1 is 1.38 bits per heavy atom. The van der Waals surface area contributed by atoms with Crippen molar-refractivity contribution in [2.24, 2.45) is 0 Å². The Kier molecular flexibility index (Phi) is 3.12. The van der Waals surface area contributed by atoms with Crippen molar-refractivity contribution in [2.45, 2.75) is 70.7 Å². The Hall–Kier alpha value is -0.610. The molecule has 1 aliphatic rings. The molecule has 1 unspecified atom stereocenters. The number of aliphatic carboxylic acids is 1. The molecule has 1 aliphatic heterocycles. The highest BCUT2D eigenvalue weighted by Crippen LogP contribution is 2.38. The average molecular weight is 229 g/mol. The quantitative estimate of drug-likeness (QED) is 0.774. The highest BCUT2D eigenvalue weighted by Gasteiger charge is 2.48. The second kappa shape index (κ2) is 3.70. The van der Waals surface area contributed by atoms with Crippen LogP contribution in [0.2, 0.25) is 0 Å². The van der Waals surface area contributed by atoms with Gasteiger partial charge >= 0.3 is 5.97 Å². The third kappa shape index (κ3) is 2.74. The van der Waals surface area contributed by atoms with Crippen LogP contribution < -0.4 is 5.32 Å². The molecule has 0 bridgehead atoms. The molecule has 0 aromatic carbocycles. The summed E-state index contributed by atoms with van der Waals surface area (Å²) in [6.07, 6.45) is 0.816. The summed E-state index contributed by atoms with van der Waals surface area (Å²) < 4.78 is 5.92.